The summed E-state index contributed by atoms with van der Waals surface area (Å²) in [5, 5.41) is 0. The zero-order chi connectivity index (χ0) is 9.84. The summed E-state index contributed by atoms with van der Waals surface area (Å²) in [7, 11) is 0. The largest absolute Gasteiger partial charge is 0.462 e. The van der Waals surface area contributed by atoms with Gasteiger partial charge in [0.1, 0.15) is 6.10 Å². The van der Waals surface area contributed by atoms with Crippen LogP contribution in [0.25, 0.3) is 0 Å². The Morgan fingerprint density at radius 2 is 2.08 bits per heavy atom. The number of hydrogen-bond donors (Lipinski definition) is 0. The van der Waals surface area contributed by atoms with E-state index in [1.165, 1.54) is 12.8 Å². The zero-order valence-electron chi connectivity index (χ0n) is 8.88. The molecular weight excluding hydrogens is 164 g/mol. The quantitative estimate of drug-likeness (QED) is 0.630. The Hall–Kier alpha value is -0.530. The maximum atomic E-state index is 11.1. The van der Waals surface area contributed by atoms with Gasteiger partial charge in [-0.2, -0.15) is 0 Å². The summed E-state index contributed by atoms with van der Waals surface area (Å²) >= 11 is 0. The number of rotatable bonds is 3. The summed E-state index contributed by atoms with van der Waals surface area (Å²) in [6.07, 6.45) is 4.18. The molecule has 1 aliphatic carbocycles. The van der Waals surface area contributed by atoms with Gasteiger partial charge in [0.2, 0.25) is 0 Å². The van der Waals surface area contributed by atoms with E-state index >= 15 is 0 Å². The molecule has 0 N–H and O–H groups in total. The first kappa shape index (κ1) is 10.6. The summed E-state index contributed by atoms with van der Waals surface area (Å²) in [6, 6.07) is 0. The molecule has 13 heavy (non-hydrogen) atoms. The lowest BCUT2D eigenvalue weighted by molar-refractivity contribution is -0.150. The minimum absolute atomic E-state index is 0.0476. The van der Waals surface area contributed by atoms with Crippen molar-refractivity contribution in [3.63, 3.8) is 0 Å². The van der Waals surface area contributed by atoms with Crippen LogP contribution in [0.3, 0.4) is 0 Å². The van der Waals surface area contributed by atoms with Gasteiger partial charge in [-0.05, 0) is 24.7 Å². The van der Waals surface area contributed by atoms with Crippen LogP contribution in [-0.2, 0) is 9.53 Å². The topological polar surface area (TPSA) is 26.3 Å². The van der Waals surface area contributed by atoms with Gasteiger partial charge < -0.3 is 4.74 Å². The highest BCUT2D eigenvalue weighted by atomic mass is 16.5. The molecule has 0 saturated heterocycles. The number of hydrogen-bond acceptors (Lipinski definition) is 2. The zero-order valence-corrected chi connectivity index (χ0v) is 8.88. The SMILES string of the molecule is CCC(=O)OC1CCC(CC)C1C. The molecule has 1 rings (SSSR count). The number of ether oxygens (including phenoxy) is 1. The first-order chi connectivity index (χ1) is 6.19. The van der Waals surface area contributed by atoms with Crippen molar-refractivity contribution >= 4 is 5.97 Å². The molecule has 0 radical (unpaired) electrons. The number of carbonyl (C=O) groups excluding carboxylic acids is 1. The molecule has 0 amide bonds. The average Bonchev–Trinajstić information content (AvgIpc) is 2.48. The molecule has 1 saturated carbocycles. The second-order valence-corrected chi connectivity index (χ2v) is 3.99. The van der Waals surface area contributed by atoms with E-state index in [1.807, 2.05) is 6.92 Å². The van der Waals surface area contributed by atoms with Gasteiger partial charge in [0.05, 0.1) is 0 Å². The Kier molecular flexibility index (Phi) is 3.76. The molecule has 0 heterocycles. The smallest absolute Gasteiger partial charge is 0.305 e. The third-order valence-corrected chi connectivity index (χ3v) is 3.25. The van der Waals surface area contributed by atoms with E-state index < -0.39 is 0 Å². The Labute approximate surface area is 80.7 Å². The molecule has 0 aromatic heterocycles. The molecule has 3 unspecified atom stereocenters. The minimum Gasteiger partial charge on any atom is -0.462 e. The lowest BCUT2D eigenvalue weighted by atomic mass is 9.94. The second kappa shape index (κ2) is 4.64. The van der Waals surface area contributed by atoms with E-state index in [4.69, 9.17) is 4.74 Å². The highest BCUT2D eigenvalue weighted by Crippen LogP contribution is 2.35. The fourth-order valence-corrected chi connectivity index (χ4v) is 2.20. The Bertz CT molecular complexity index is 177. The van der Waals surface area contributed by atoms with Gasteiger partial charge in [-0.3, -0.25) is 4.79 Å². The normalized spacial score (nSPS) is 33.3. The molecule has 0 aliphatic heterocycles. The molecule has 0 spiro atoms. The summed E-state index contributed by atoms with van der Waals surface area (Å²) in [6.45, 7) is 6.26. The van der Waals surface area contributed by atoms with Crippen LogP contribution in [0.15, 0.2) is 0 Å². The summed E-state index contributed by atoms with van der Waals surface area (Å²) in [5.41, 5.74) is 0. The van der Waals surface area contributed by atoms with Crippen molar-refractivity contribution < 1.29 is 9.53 Å². The minimum atomic E-state index is -0.0476. The van der Waals surface area contributed by atoms with E-state index in [9.17, 15) is 4.79 Å². The third-order valence-electron chi connectivity index (χ3n) is 3.25. The predicted octanol–water partition coefficient (Wildman–Crippen LogP) is 2.76. The molecule has 0 bridgehead atoms. The van der Waals surface area contributed by atoms with Crippen molar-refractivity contribution in [3.8, 4) is 0 Å². The monoisotopic (exact) mass is 184 g/mol. The molecule has 76 valence electrons. The van der Waals surface area contributed by atoms with Crippen LogP contribution < -0.4 is 0 Å². The maximum Gasteiger partial charge on any atom is 0.305 e. The molecule has 0 aromatic carbocycles. The highest BCUT2D eigenvalue weighted by molar-refractivity contribution is 5.69. The lowest BCUT2D eigenvalue weighted by Crippen LogP contribution is -2.22. The van der Waals surface area contributed by atoms with Crippen LogP contribution >= 0.6 is 0 Å². The van der Waals surface area contributed by atoms with Crippen molar-refractivity contribution in [2.45, 2.75) is 52.6 Å². The second-order valence-electron chi connectivity index (χ2n) is 3.99. The average molecular weight is 184 g/mol. The van der Waals surface area contributed by atoms with E-state index in [-0.39, 0.29) is 12.1 Å². The van der Waals surface area contributed by atoms with Gasteiger partial charge in [0.15, 0.2) is 0 Å². The molecular formula is C11H20O2. The Morgan fingerprint density at radius 3 is 2.54 bits per heavy atom. The lowest BCUT2D eigenvalue weighted by Gasteiger charge is -2.19. The first-order valence-corrected chi connectivity index (χ1v) is 5.38. The van der Waals surface area contributed by atoms with Gasteiger partial charge in [-0.1, -0.05) is 27.2 Å². The van der Waals surface area contributed by atoms with Crippen molar-refractivity contribution in [2.75, 3.05) is 0 Å². The van der Waals surface area contributed by atoms with Gasteiger partial charge in [-0.25, -0.2) is 0 Å². The van der Waals surface area contributed by atoms with Crippen LogP contribution in [0.2, 0.25) is 0 Å². The molecule has 3 atom stereocenters. The fraction of sp³-hybridized carbons (Fsp3) is 0.909. The van der Waals surface area contributed by atoms with Crippen LogP contribution in [-0.4, -0.2) is 12.1 Å². The molecule has 1 aliphatic rings. The molecule has 2 heteroatoms. The van der Waals surface area contributed by atoms with Crippen LogP contribution in [0, 0.1) is 11.8 Å². The Morgan fingerprint density at radius 1 is 1.38 bits per heavy atom. The molecule has 0 aromatic rings. The van der Waals surface area contributed by atoms with E-state index in [0.717, 1.165) is 12.3 Å². The van der Waals surface area contributed by atoms with Crippen molar-refractivity contribution in [2.24, 2.45) is 11.8 Å². The summed E-state index contributed by atoms with van der Waals surface area (Å²) in [4.78, 5) is 11.1. The molecule has 2 nitrogen and oxygen atoms in total. The van der Waals surface area contributed by atoms with Gasteiger partial charge in [0, 0.05) is 6.42 Å². The standard InChI is InChI=1S/C11H20O2/c1-4-9-6-7-10(8(9)3)13-11(12)5-2/h8-10H,4-7H2,1-3H3. The van der Waals surface area contributed by atoms with Crippen LogP contribution in [0.4, 0.5) is 0 Å². The maximum absolute atomic E-state index is 11.1. The van der Waals surface area contributed by atoms with E-state index in [0.29, 0.717) is 12.3 Å². The first-order valence-electron chi connectivity index (χ1n) is 5.38. The van der Waals surface area contributed by atoms with Gasteiger partial charge >= 0.3 is 5.97 Å². The van der Waals surface area contributed by atoms with Crippen molar-refractivity contribution in [1.82, 2.24) is 0 Å². The number of carbonyl (C=O) groups is 1. The summed E-state index contributed by atoms with van der Waals surface area (Å²) in [5.74, 6) is 1.27. The van der Waals surface area contributed by atoms with Gasteiger partial charge in [0.25, 0.3) is 0 Å². The van der Waals surface area contributed by atoms with Gasteiger partial charge in [-0.15, -0.1) is 0 Å². The van der Waals surface area contributed by atoms with E-state index in [1.54, 1.807) is 0 Å². The predicted molar refractivity (Wildman–Crippen MR) is 52.4 cm³/mol. The third kappa shape index (κ3) is 2.45. The fourth-order valence-electron chi connectivity index (χ4n) is 2.20. The highest BCUT2D eigenvalue weighted by Gasteiger charge is 2.33. The van der Waals surface area contributed by atoms with Crippen molar-refractivity contribution in [3.05, 3.63) is 0 Å². The summed E-state index contributed by atoms with van der Waals surface area (Å²) < 4.78 is 5.37. The van der Waals surface area contributed by atoms with E-state index in [2.05, 4.69) is 13.8 Å². The molecule has 1 fully saturated rings. The Balaban J connectivity index is 2.40. The van der Waals surface area contributed by atoms with Crippen LogP contribution in [0.1, 0.15) is 46.5 Å². The van der Waals surface area contributed by atoms with Crippen LogP contribution in [0.5, 0.6) is 0 Å². The van der Waals surface area contributed by atoms with Crippen molar-refractivity contribution in [1.29, 1.82) is 0 Å². The number of esters is 1.